The average Bonchev–Trinajstić information content (AvgIpc) is 2.47. The summed E-state index contributed by atoms with van der Waals surface area (Å²) in [7, 11) is -3.68. The van der Waals surface area contributed by atoms with Crippen LogP contribution in [0.1, 0.15) is 12.0 Å². The van der Waals surface area contributed by atoms with Gasteiger partial charge in [-0.25, -0.2) is 13.1 Å². The van der Waals surface area contributed by atoms with Gasteiger partial charge >= 0.3 is 0 Å². The largest absolute Gasteiger partial charge is 0.504 e. The molecule has 21 heavy (non-hydrogen) atoms. The van der Waals surface area contributed by atoms with E-state index in [4.69, 9.17) is 0 Å². The molecule has 5 nitrogen and oxygen atoms in total. The van der Waals surface area contributed by atoms with Crippen LogP contribution in [0.25, 0.3) is 0 Å². The van der Waals surface area contributed by atoms with Crippen LogP contribution in [-0.4, -0.2) is 25.2 Å². The van der Waals surface area contributed by atoms with Crippen LogP contribution in [0.5, 0.6) is 11.5 Å². The first-order valence-electron chi connectivity index (χ1n) is 6.54. The van der Waals surface area contributed by atoms with E-state index in [2.05, 4.69) is 4.72 Å². The van der Waals surface area contributed by atoms with Gasteiger partial charge < -0.3 is 10.2 Å². The van der Waals surface area contributed by atoms with Crippen molar-refractivity contribution in [3.05, 3.63) is 54.1 Å². The summed E-state index contributed by atoms with van der Waals surface area (Å²) in [6.07, 6.45) is 1.46. The molecule has 3 N–H and O–H groups in total. The van der Waals surface area contributed by atoms with E-state index in [1.807, 2.05) is 30.3 Å². The van der Waals surface area contributed by atoms with E-state index in [9.17, 15) is 18.6 Å². The Morgan fingerprint density at radius 1 is 0.952 bits per heavy atom. The third kappa shape index (κ3) is 4.21. The van der Waals surface area contributed by atoms with Crippen molar-refractivity contribution in [3.63, 3.8) is 0 Å². The Balaban J connectivity index is 1.91. The lowest BCUT2D eigenvalue weighted by Crippen LogP contribution is -2.25. The molecule has 0 bridgehead atoms. The third-order valence-electron chi connectivity index (χ3n) is 3.03. The Labute approximate surface area is 123 Å². The van der Waals surface area contributed by atoms with Gasteiger partial charge in [0.25, 0.3) is 0 Å². The van der Waals surface area contributed by atoms with E-state index in [0.29, 0.717) is 13.0 Å². The zero-order valence-corrected chi connectivity index (χ0v) is 12.2. The molecule has 6 heteroatoms. The lowest BCUT2D eigenvalue weighted by atomic mass is 10.1. The van der Waals surface area contributed by atoms with Crippen molar-refractivity contribution in [2.75, 3.05) is 6.54 Å². The molecule has 0 heterocycles. The fourth-order valence-electron chi connectivity index (χ4n) is 1.90. The molecule has 0 aliphatic carbocycles. The van der Waals surface area contributed by atoms with Crippen molar-refractivity contribution in [1.29, 1.82) is 0 Å². The van der Waals surface area contributed by atoms with E-state index in [1.54, 1.807) is 0 Å². The number of rotatable bonds is 6. The quantitative estimate of drug-likeness (QED) is 0.563. The van der Waals surface area contributed by atoms with Gasteiger partial charge in [-0.15, -0.1) is 0 Å². The first-order valence-corrected chi connectivity index (χ1v) is 8.03. The van der Waals surface area contributed by atoms with Crippen LogP contribution in [0.2, 0.25) is 0 Å². The Hall–Kier alpha value is -2.05. The minimum Gasteiger partial charge on any atom is -0.504 e. The SMILES string of the molecule is O=S(=O)(NCCCc1ccccc1)c1ccc(O)c(O)c1. The van der Waals surface area contributed by atoms with Crippen molar-refractivity contribution in [1.82, 2.24) is 4.72 Å². The van der Waals surface area contributed by atoms with Crippen LogP contribution >= 0.6 is 0 Å². The number of phenolic OH excluding ortho intramolecular Hbond substituents is 2. The summed E-state index contributed by atoms with van der Waals surface area (Å²) in [4.78, 5) is -0.0717. The molecular weight excluding hydrogens is 290 g/mol. The minimum absolute atomic E-state index is 0.0717. The van der Waals surface area contributed by atoms with E-state index >= 15 is 0 Å². The fraction of sp³-hybridized carbons (Fsp3) is 0.200. The summed E-state index contributed by atoms with van der Waals surface area (Å²) in [6, 6.07) is 13.2. The molecule has 0 saturated carbocycles. The molecule has 0 spiro atoms. The molecule has 2 aromatic rings. The normalized spacial score (nSPS) is 11.4. The highest BCUT2D eigenvalue weighted by atomic mass is 32.2. The zero-order chi connectivity index (χ0) is 15.3. The van der Waals surface area contributed by atoms with E-state index < -0.39 is 15.8 Å². The second-order valence-corrected chi connectivity index (χ2v) is 6.40. The second-order valence-electron chi connectivity index (χ2n) is 4.64. The van der Waals surface area contributed by atoms with Crippen molar-refractivity contribution in [2.24, 2.45) is 0 Å². The van der Waals surface area contributed by atoms with Gasteiger partial charge in [-0.3, -0.25) is 0 Å². The number of aryl methyl sites for hydroxylation is 1. The molecule has 2 rings (SSSR count). The standard InChI is InChI=1S/C15H17NO4S/c17-14-9-8-13(11-15(14)18)21(19,20)16-10-4-7-12-5-2-1-3-6-12/h1-3,5-6,8-9,11,16-18H,4,7,10H2. The minimum atomic E-state index is -3.68. The van der Waals surface area contributed by atoms with Gasteiger partial charge in [0.05, 0.1) is 4.90 Å². The number of sulfonamides is 1. The fourth-order valence-corrected chi connectivity index (χ4v) is 2.99. The summed E-state index contributed by atoms with van der Waals surface area (Å²) >= 11 is 0. The molecule has 112 valence electrons. The monoisotopic (exact) mass is 307 g/mol. The summed E-state index contributed by atoms with van der Waals surface area (Å²) in [6.45, 7) is 0.304. The third-order valence-corrected chi connectivity index (χ3v) is 4.49. The van der Waals surface area contributed by atoms with Crippen LogP contribution in [0.4, 0.5) is 0 Å². The topological polar surface area (TPSA) is 86.6 Å². The van der Waals surface area contributed by atoms with Gasteiger partial charge in [0, 0.05) is 12.6 Å². The summed E-state index contributed by atoms with van der Waals surface area (Å²) in [5.74, 6) is -0.805. The summed E-state index contributed by atoms with van der Waals surface area (Å²) in [5.41, 5.74) is 1.15. The Bertz CT molecular complexity index is 699. The maximum Gasteiger partial charge on any atom is 0.240 e. The number of hydrogen-bond acceptors (Lipinski definition) is 4. The van der Waals surface area contributed by atoms with Crippen LogP contribution in [0, 0.1) is 0 Å². The molecule has 0 aliphatic heterocycles. The Morgan fingerprint density at radius 3 is 2.33 bits per heavy atom. The molecule has 0 aromatic heterocycles. The first-order chi connectivity index (χ1) is 9.99. The summed E-state index contributed by atoms with van der Waals surface area (Å²) in [5, 5.41) is 18.5. The smallest absolute Gasteiger partial charge is 0.240 e. The lowest BCUT2D eigenvalue weighted by molar-refractivity contribution is 0.402. The van der Waals surface area contributed by atoms with Gasteiger partial charge in [0.1, 0.15) is 0 Å². The van der Waals surface area contributed by atoms with Gasteiger partial charge in [-0.1, -0.05) is 30.3 Å². The van der Waals surface area contributed by atoms with Gasteiger partial charge in [-0.2, -0.15) is 0 Å². The molecule has 0 atom stereocenters. The van der Waals surface area contributed by atoms with Gasteiger partial charge in [0.15, 0.2) is 11.5 Å². The predicted molar refractivity (Wildman–Crippen MR) is 79.7 cm³/mol. The molecule has 0 aliphatic rings. The number of phenols is 2. The first kappa shape index (κ1) is 15.3. The molecule has 0 unspecified atom stereocenters. The molecule has 0 fully saturated rings. The van der Waals surface area contributed by atoms with E-state index in [-0.39, 0.29) is 10.6 Å². The molecule has 0 amide bonds. The van der Waals surface area contributed by atoms with E-state index in [1.165, 1.54) is 6.07 Å². The van der Waals surface area contributed by atoms with Crippen LogP contribution in [0.15, 0.2) is 53.4 Å². The average molecular weight is 307 g/mol. The number of aromatic hydroxyl groups is 2. The highest BCUT2D eigenvalue weighted by Gasteiger charge is 2.15. The van der Waals surface area contributed by atoms with Crippen LogP contribution < -0.4 is 4.72 Å². The molecule has 2 aromatic carbocycles. The Kier molecular flexibility index (Phi) is 4.82. The number of benzene rings is 2. The number of nitrogens with one attached hydrogen (secondary N) is 1. The van der Waals surface area contributed by atoms with Crippen molar-refractivity contribution in [2.45, 2.75) is 17.7 Å². The van der Waals surface area contributed by atoms with Crippen LogP contribution in [-0.2, 0) is 16.4 Å². The molecule has 0 radical (unpaired) electrons. The second kappa shape index (κ2) is 6.60. The van der Waals surface area contributed by atoms with Crippen molar-refractivity contribution in [3.8, 4) is 11.5 Å². The summed E-state index contributed by atoms with van der Waals surface area (Å²) < 4.78 is 26.5. The number of hydrogen-bond donors (Lipinski definition) is 3. The van der Waals surface area contributed by atoms with Gasteiger partial charge in [0.2, 0.25) is 10.0 Å². The van der Waals surface area contributed by atoms with E-state index in [0.717, 1.165) is 24.1 Å². The van der Waals surface area contributed by atoms with Crippen molar-refractivity contribution >= 4 is 10.0 Å². The maximum absolute atomic E-state index is 12.0. The zero-order valence-electron chi connectivity index (χ0n) is 11.4. The maximum atomic E-state index is 12.0. The van der Waals surface area contributed by atoms with Gasteiger partial charge in [-0.05, 0) is 30.5 Å². The highest BCUT2D eigenvalue weighted by molar-refractivity contribution is 7.89. The van der Waals surface area contributed by atoms with Crippen LogP contribution in [0.3, 0.4) is 0 Å². The lowest BCUT2D eigenvalue weighted by Gasteiger charge is -2.07. The molecular formula is C15H17NO4S. The Morgan fingerprint density at radius 2 is 1.67 bits per heavy atom. The molecule has 0 saturated heterocycles. The highest BCUT2D eigenvalue weighted by Crippen LogP contribution is 2.26. The van der Waals surface area contributed by atoms with Crippen molar-refractivity contribution < 1.29 is 18.6 Å². The predicted octanol–water partition coefficient (Wildman–Crippen LogP) is 2.01.